The third-order valence-electron chi connectivity index (χ3n) is 4.20. The summed E-state index contributed by atoms with van der Waals surface area (Å²) in [4.78, 5) is 11.8. The van der Waals surface area contributed by atoms with Crippen molar-refractivity contribution in [2.24, 2.45) is 5.92 Å². The Morgan fingerprint density at radius 2 is 2.32 bits per heavy atom. The van der Waals surface area contributed by atoms with E-state index in [0.29, 0.717) is 25.2 Å². The molecule has 1 heterocycles. The van der Waals surface area contributed by atoms with E-state index in [-0.39, 0.29) is 12.0 Å². The minimum absolute atomic E-state index is 0.00296. The Hall–Kier alpha value is -2.17. The van der Waals surface area contributed by atoms with Gasteiger partial charge in [0.2, 0.25) is 0 Å². The summed E-state index contributed by atoms with van der Waals surface area (Å²) >= 11 is 0. The molecule has 0 spiro atoms. The van der Waals surface area contributed by atoms with Crippen molar-refractivity contribution in [1.82, 2.24) is 15.0 Å². The number of ether oxygens (including phenoxy) is 1. The third kappa shape index (κ3) is 3.03. The van der Waals surface area contributed by atoms with E-state index < -0.39 is 0 Å². The van der Waals surface area contributed by atoms with Crippen molar-refractivity contribution in [3.63, 3.8) is 0 Å². The molecule has 5 nitrogen and oxygen atoms in total. The Bertz CT molecular complexity index is 677. The molecule has 5 heteroatoms. The number of allylic oxidation sites excluding steroid dienone is 1. The van der Waals surface area contributed by atoms with Crippen LogP contribution in [0.25, 0.3) is 11.0 Å². The van der Waals surface area contributed by atoms with Crippen LogP contribution in [-0.2, 0) is 9.53 Å². The standard InChI is InChI=1S/C17H21N3O2/c1-2-22-11-10-16(13-6-5-7-14(21)12-13)20-17-9-4-3-8-15(17)18-19-20/h3-4,8-11,13,16H,2,5-7,12H2,1H3/b11-10+. The molecule has 0 bridgehead atoms. The molecule has 0 N–H and O–H groups in total. The predicted molar refractivity (Wildman–Crippen MR) is 84.3 cm³/mol. The number of para-hydroxylation sites is 1. The highest BCUT2D eigenvalue weighted by atomic mass is 16.5. The molecule has 2 unspecified atom stereocenters. The van der Waals surface area contributed by atoms with E-state index in [1.807, 2.05) is 41.9 Å². The fraction of sp³-hybridized carbons (Fsp3) is 0.471. The van der Waals surface area contributed by atoms with Gasteiger partial charge in [-0.1, -0.05) is 17.3 Å². The zero-order valence-corrected chi connectivity index (χ0v) is 12.8. The molecule has 1 aliphatic carbocycles. The molecule has 2 aromatic rings. The minimum atomic E-state index is 0.00296. The number of rotatable bonds is 5. The second-order valence-corrected chi connectivity index (χ2v) is 5.69. The number of ketones is 1. The Kier molecular flexibility index (Phi) is 4.51. The molecule has 3 rings (SSSR count). The summed E-state index contributed by atoms with van der Waals surface area (Å²) in [5, 5.41) is 8.56. The van der Waals surface area contributed by atoms with Crippen LogP contribution in [0.15, 0.2) is 36.6 Å². The minimum Gasteiger partial charge on any atom is -0.502 e. The first-order valence-corrected chi connectivity index (χ1v) is 7.89. The Morgan fingerprint density at radius 1 is 1.45 bits per heavy atom. The summed E-state index contributed by atoms with van der Waals surface area (Å²) < 4.78 is 7.29. The number of aromatic nitrogens is 3. The molecule has 1 aliphatic rings. The number of carbonyl (C=O) groups excluding carboxylic acids is 1. The molecule has 1 aromatic carbocycles. The van der Waals surface area contributed by atoms with Crippen molar-refractivity contribution >= 4 is 16.8 Å². The second-order valence-electron chi connectivity index (χ2n) is 5.69. The molecule has 22 heavy (non-hydrogen) atoms. The van der Waals surface area contributed by atoms with Gasteiger partial charge in [0.15, 0.2) is 0 Å². The van der Waals surface area contributed by atoms with Crippen LogP contribution in [0.3, 0.4) is 0 Å². The first kappa shape index (κ1) is 14.8. The lowest BCUT2D eigenvalue weighted by molar-refractivity contribution is -0.121. The van der Waals surface area contributed by atoms with Crippen molar-refractivity contribution in [2.45, 2.75) is 38.6 Å². The molecule has 116 valence electrons. The number of carbonyl (C=O) groups is 1. The van der Waals surface area contributed by atoms with Crippen LogP contribution in [0.5, 0.6) is 0 Å². The lowest BCUT2D eigenvalue weighted by Gasteiger charge is -2.27. The summed E-state index contributed by atoms with van der Waals surface area (Å²) in [6.07, 6.45) is 7.02. The Balaban J connectivity index is 1.95. The molecule has 0 saturated heterocycles. The smallest absolute Gasteiger partial charge is 0.133 e. The van der Waals surface area contributed by atoms with Gasteiger partial charge in [-0.05, 0) is 43.9 Å². The molecule has 0 aliphatic heterocycles. The molecule has 1 fully saturated rings. The van der Waals surface area contributed by atoms with Crippen molar-refractivity contribution in [2.75, 3.05) is 6.61 Å². The summed E-state index contributed by atoms with van der Waals surface area (Å²) in [5.74, 6) is 0.596. The van der Waals surface area contributed by atoms with Crippen LogP contribution in [0.1, 0.15) is 38.6 Å². The van der Waals surface area contributed by atoms with Gasteiger partial charge in [0.25, 0.3) is 0 Å². The average molecular weight is 299 g/mol. The lowest BCUT2D eigenvalue weighted by atomic mass is 9.83. The monoisotopic (exact) mass is 299 g/mol. The molecular formula is C17H21N3O2. The fourth-order valence-electron chi connectivity index (χ4n) is 3.13. The Labute approximate surface area is 130 Å². The van der Waals surface area contributed by atoms with Crippen LogP contribution in [0.4, 0.5) is 0 Å². The van der Waals surface area contributed by atoms with Gasteiger partial charge in [0.1, 0.15) is 11.3 Å². The topological polar surface area (TPSA) is 57.0 Å². The third-order valence-corrected chi connectivity index (χ3v) is 4.20. The van der Waals surface area contributed by atoms with Crippen molar-refractivity contribution < 1.29 is 9.53 Å². The summed E-state index contributed by atoms with van der Waals surface area (Å²) in [6.45, 7) is 2.58. The molecule has 1 saturated carbocycles. The van der Waals surface area contributed by atoms with Gasteiger partial charge < -0.3 is 4.74 Å². The van der Waals surface area contributed by atoms with Crippen LogP contribution in [0, 0.1) is 5.92 Å². The van der Waals surface area contributed by atoms with E-state index >= 15 is 0 Å². The normalized spacial score (nSPS) is 20.6. The van der Waals surface area contributed by atoms with Crippen molar-refractivity contribution in [3.8, 4) is 0 Å². The number of hydrogen-bond acceptors (Lipinski definition) is 4. The van der Waals surface area contributed by atoms with Crippen molar-refractivity contribution in [3.05, 3.63) is 36.6 Å². The zero-order valence-electron chi connectivity index (χ0n) is 12.8. The van der Waals surface area contributed by atoms with Gasteiger partial charge in [0.05, 0.1) is 24.4 Å². The highest BCUT2D eigenvalue weighted by molar-refractivity contribution is 5.79. The Morgan fingerprint density at radius 3 is 3.14 bits per heavy atom. The number of Topliss-reactive ketones (excluding diaryl/α,β-unsaturated/α-hetero) is 1. The maximum absolute atomic E-state index is 11.8. The second kappa shape index (κ2) is 6.73. The van der Waals surface area contributed by atoms with E-state index in [9.17, 15) is 4.79 Å². The number of fused-ring (bicyclic) bond motifs is 1. The zero-order chi connectivity index (χ0) is 15.4. The highest BCUT2D eigenvalue weighted by Crippen LogP contribution is 2.33. The van der Waals surface area contributed by atoms with Crippen LogP contribution >= 0.6 is 0 Å². The van der Waals surface area contributed by atoms with Gasteiger partial charge in [-0.25, -0.2) is 4.68 Å². The maximum Gasteiger partial charge on any atom is 0.133 e. The van der Waals surface area contributed by atoms with Gasteiger partial charge in [-0.2, -0.15) is 0 Å². The van der Waals surface area contributed by atoms with Gasteiger partial charge >= 0.3 is 0 Å². The van der Waals surface area contributed by atoms with E-state index in [2.05, 4.69) is 10.3 Å². The molecule has 0 radical (unpaired) electrons. The summed E-state index contributed by atoms with van der Waals surface area (Å²) in [7, 11) is 0. The van der Waals surface area contributed by atoms with E-state index in [4.69, 9.17) is 4.74 Å². The molecule has 2 atom stereocenters. The van der Waals surface area contributed by atoms with Crippen LogP contribution < -0.4 is 0 Å². The van der Waals surface area contributed by atoms with Gasteiger partial charge in [0, 0.05) is 12.8 Å². The van der Waals surface area contributed by atoms with Crippen LogP contribution in [0.2, 0.25) is 0 Å². The van der Waals surface area contributed by atoms with Crippen LogP contribution in [-0.4, -0.2) is 27.4 Å². The molecule has 1 aromatic heterocycles. The first-order valence-electron chi connectivity index (χ1n) is 7.89. The number of hydrogen-bond donors (Lipinski definition) is 0. The van der Waals surface area contributed by atoms with Gasteiger partial charge in [-0.15, -0.1) is 5.10 Å². The summed E-state index contributed by atoms with van der Waals surface area (Å²) in [6, 6.07) is 7.91. The predicted octanol–water partition coefficient (Wildman–Crippen LogP) is 3.28. The van der Waals surface area contributed by atoms with E-state index in [1.165, 1.54) is 0 Å². The molecule has 0 amide bonds. The lowest BCUT2D eigenvalue weighted by Crippen LogP contribution is -2.25. The highest BCUT2D eigenvalue weighted by Gasteiger charge is 2.28. The van der Waals surface area contributed by atoms with Crippen molar-refractivity contribution in [1.29, 1.82) is 0 Å². The summed E-state index contributed by atoms with van der Waals surface area (Å²) in [5.41, 5.74) is 1.87. The van der Waals surface area contributed by atoms with E-state index in [1.54, 1.807) is 6.26 Å². The van der Waals surface area contributed by atoms with E-state index in [0.717, 1.165) is 23.9 Å². The first-order chi connectivity index (χ1) is 10.8. The number of benzene rings is 1. The average Bonchev–Trinajstić information content (AvgIpc) is 2.95. The SMILES string of the molecule is CCO/C=C/C(C1CCCC(=O)C1)n1nnc2ccccc21. The van der Waals surface area contributed by atoms with Gasteiger partial charge in [-0.3, -0.25) is 4.79 Å². The molecular weight excluding hydrogens is 278 g/mol. The maximum atomic E-state index is 11.8. The number of nitrogens with zero attached hydrogens (tertiary/aromatic N) is 3. The quantitative estimate of drug-likeness (QED) is 0.795. The fourth-order valence-corrected chi connectivity index (χ4v) is 3.13. The largest absolute Gasteiger partial charge is 0.502 e.